The van der Waals surface area contributed by atoms with Crippen molar-refractivity contribution in [3.8, 4) is 0 Å². The molecule has 2 amide bonds. The Balaban J connectivity index is 0.00000172. The first kappa shape index (κ1) is 18.9. The van der Waals surface area contributed by atoms with Crippen LogP contribution in [0.15, 0.2) is 0 Å². The molecular formula is C16H32N2O2. The Morgan fingerprint density at radius 3 is 1.95 bits per heavy atom. The maximum Gasteiger partial charge on any atom is 0.242 e. The average Bonchev–Trinajstić information content (AvgIpc) is 3.16. The molecule has 0 bridgehead atoms. The number of rotatable bonds is 4. The standard InChI is InChI=1S/C14H26N2O2.C2H6/c1-8(2)9-7-10(9)12(17)16-11(13(18)15-6)14(3,4)5;1-2/h8-11H,7H2,1-6H3,(H,15,18)(H,16,17);1-2H3. The number of likely N-dealkylation sites (N-methyl/N-ethyl adjacent to an activating group) is 1. The summed E-state index contributed by atoms with van der Waals surface area (Å²) in [5, 5.41) is 5.52. The van der Waals surface area contributed by atoms with Crippen LogP contribution in [0.2, 0.25) is 0 Å². The van der Waals surface area contributed by atoms with Gasteiger partial charge in [0.1, 0.15) is 6.04 Å². The summed E-state index contributed by atoms with van der Waals surface area (Å²) in [6, 6.07) is -0.469. The van der Waals surface area contributed by atoms with Crippen molar-refractivity contribution in [1.82, 2.24) is 10.6 Å². The summed E-state index contributed by atoms with van der Waals surface area (Å²) in [6.07, 6.45) is 0.952. The van der Waals surface area contributed by atoms with Gasteiger partial charge in [0.25, 0.3) is 0 Å². The number of hydrogen-bond donors (Lipinski definition) is 2. The van der Waals surface area contributed by atoms with E-state index in [1.165, 1.54) is 0 Å². The van der Waals surface area contributed by atoms with E-state index in [0.717, 1.165) is 6.42 Å². The van der Waals surface area contributed by atoms with Gasteiger partial charge in [-0.05, 0) is 23.7 Å². The van der Waals surface area contributed by atoms with Gasteiger partial charge in [-0.25, -0.2) is 0 Å². The Morgan fingerprint density at radius 2 is 1.65 bits per heavy atom. The SMILES string of the molecule is CC.CNC(=O)C(NC(=O)C1CC1C(C)C)C(C)(C)C. The number of amides is 2. The molecule has 0 aromatic carbocycles. The van der Waals surface area contributed by atoms with Crippen LogP contribution in [0.5, 0.6) is 0 Å². The molecule has 3 unspecified atom stereocenters. The first-order chi connectivity index (χ1) is 9.18. The first-order valence-corrected chi connectivity index (χ1v) is 7.70. The summed E-state index contributed by atoms with van der Waals surface area (Å²) >= 11 is 0. The summed E-state index contributed by atoms with van der Waals surface area (Å²) in [5.74, 6) is 1.01. The zero-order valence-electron chi connectivity index (χ0n) is 14.3. The fraction of sp³-hybridized carbons (Fsp3) is 0.875. The Labute approximate surface area is 124 Å². The van der Waals surface area contributed by atoms with Crippen LogP contribution in [0.3, 0.4) is 0 Å². The minimum atomic E-state index is -0.469. The van der Waals surface area contributed by atoms with Crippen LogP contribution in [-0.2, 0) is 9.59 Å². The number of carbonyl (C=O) groups excluding carboxylic acids is 2. The van der Waals surface area contributed by atoms with Gasteiger partial charge in [0.2, 0.25) is 11.8 Å². The molecule has 1 aliphatic carbocycles. The molecule has 1 rings (SSSR count). The molecule has 2 N–H and O–H groups in total. The van der Waals surface area contributed by atoms with E-state index >= 15 is 0 Å². The lowest BCUT2D eigenvalue weighted by atomic mass is 9.86. The lowest BCUT2D eigenvalue weighted by Crippen LogP contribution is -2.53. The molecule has 0 heterocycles. The van der Waals surface area contributed by atoms with E-state index in [1.54, 1.807) is 7.05 Å². The predicted molar refractivity (Wildman–Crippen MR) is 83.2 cm³/mol. The van der Waals surface area contributed by atoms with E-state index in [4.69, 9.17) is 0 Å². The van der Waals surface area contributed by atoms with Gasteiger partial charge >= 0.3 is 0 Å². The molecule has 1 aliphatic rings. The Bertz CT molecular complexity index is 332. The van der Waals surface area contributed by atoms with E-state index in [0.29, 0.717) is 11.8 Å². The highest BCUT2D eigenvalue weighted by Crippen LogP contribution is 2.44. The van der Waals surface area contributed by atoms with Crippen LogP contribution in [-0.4, -0.2) is 24.9 Å². The highest BCUT2D eigenvalue weighted by Gasteiger charge is 2.46. The summed E-state index contributed by atoms with van der Waals surface area (Å²) in [6.45, 7) is 14.1. The maximum absolute atomic E-state index is 12.1. The number of carbonyl (C=O) groups is 2. The van der Waals surface area contributed by atoms with Gasteiger partial charge in [-0.1, -0.05) is 48.5 Å². The zero-order valence-corrected chi connectivity index (χ0v) is 14.3. The van der Waals surface area contributed by atoms with Crippen molar-refractivity contribution in [2.24, 2.45) is 23.2 Å². The molecule has 0 aromatic rings. The third-order valence-corrected chi connectivity index (χ3v) is 3.69. The van der Waals surface area contributed by atoms with Gasteiger partial charge < -0.3 is 10.6 Å². The van der Waals surface area contributed by atoms with Gasteiger partial charge in [-0.15, -0.1) is 0 Å². The largest absolute Gasteiger partial charge is 0.357 e. The molecule has 0 aliphatic heterocycles. The van der Waals surface area contributed by atoms with E-state index in [9.17, 15) is 9.59 Å². The third kappa shape index (κ3) is 5.14. The van der Waals surface area contributed by atoms with Crippen LogP contribution < -0.4 is 10.6 Å². The van der Waals surface area contributed by atoms with E-state index < -0.39 is 6.04 Å². The van der Waals surface area contributed by atoms with Gasteiger partial charge in [0.05, 0.1) is 0 Å². The second-order valence-electron chi connectivity index (χ2n) is 6.67. The molecular weight excluding hydrogens is 252 g/mol. The summed E-state index contributed by atoms with van der Waals surface area (Å²) in [5.41, 5.74) is -0.280. The molecule has 3 atom stereocenters. The molecule has 4 nitrogen and oxygen atoms in total. The minimum Gasteiger partial charge on any atom is -0.357 e. The van der Waals surface area contributed by atoms with Crippen molar-refractivity contribution >= 4 is 11.8 Å². The van der Waals surface area contributed by atoms with E-state index in [-0.39, 0.29) is 23.1 Å². The van der Waals surface area contributed by atoms with Crippen LogP contribution in [0.25, 0.3) is 0 Å². The highest BCUT2D eigenvalue weighted by atomic mass is 16.2. The smallest absolute Gasteiger partial charge is 0.242 e. The van der Waals surface area contributed by atoms with Crippen LogP contribution in [0.4, 0.5) is 0 Å². The van der Waals surface area contributed by atoms with Crippen LogP contribution in [0.1, 0.15) is 54.9 Å². The monoisotopic (exact) mass is 284 g/mol. The van der Waals surface area contributed by atoms with Crippen LogP contribution in [0, 0.1) is 23.2 Å². The summed E-state index contributed by atoms with van der Waals surface area (Å²) < 4.78 is 0. The second-order valence-corrected chi connectivity index (χ2v) is 6.67. The van der Waals surface area contributed by atoms with Gasteiger partial charge in [0, 0.05) is 13.0 Å². The fourth-order valence-corrected chi connectivity index (χ4v) is 2.32. The summed E-state index contributed by atoms with van der Waals surface area (Å²) in [4.78, 5) is 23.9. The lowest BCUT2D eigenvalue weighted by Gasteiger charge is -2.30. The van der Waals surface area contributed by atoms with Crippen molar-refractivity contribution in [2.45, 2.75) is 60.9 Å². The van der Waals surface area contributed by atoms with Crippen molar-refractivity contribution in [3.63, 3.8) is 0 Å². The second kappa shape index (κ2) is 7.65. The lowest BCUT2D eigenvalue weighted by molar-refractivity contribution is -0.132. The molecule has 118 valence electrons. The van der Waals surface area contributed by atoms with Crippen LogP contribution >= 0.6 is 0 Å². The van der Waals surface area contributed by atoms with Gasteiger partial charge in [-0.2, -0.15) is 0 Å². The molecule has 1 fully saturated rings. The van der Waals surface area contributed by atoms with Crippen molar-refractivity contribution in [3.05, 3.63) is 0 Å². The number of nitrogens with one attached hydrogen (secondary N) is 2. The molecule has 0 aromatic heterocycles. The Hall–Kier alpha value is -1.06. The van der Waals surface area contributed by atoms with Gasteiger partial charge in [-0.3, -0.25) is 9.59 Å². The zero-order chi connectivity index (χ0) is 16.1. The fourth-order valence-electron chi connectivity index (χ4n) is 2.32. The van der Waals surface area contributed by atoms with Gasteiger partial charge in [0.15, 0.2) is 0 Å². The molecule has 0 radical (unpaired) electrons. The first-order valence-electron chi connectivity index (χ1n) is 7.70. The van der Waals surface area contributed by atoms with Crippen molar-refractivity contribution in [1.29, 1.82) is 0 Å². The third-order valence-electron chi connectivity index (χ3n) is 3.69. The summed E-state index contributed by atoms with van der Waals surface area (Å²) in [7, 11) is 1.60. The average molecular weight is 284 g/mol. The normalized spacial score (nSPS) is 22.4. The minimum absolute atomic E-state index is 0.0252. The van der Waals surface area contributed by atoms with E-state index in [1.807, 2.05) is 34.6 Å². The molecule has 4 heteroatoms. The van der Waals surface area contributed by atoms with E-state index in [2.05, 4.69) is 24.5 Å². The molecule has 20 heavy (non-hydrogen) atoms. The van der Waals surface area contributed by atoms with Crippen molar-refractivity contribution < 1.29 is 9.59 Å². The predicted octanol–water partition coefficient (Wildman–Crippen LogP) is 2.58. The molecule has 1 saturated carbocycles. The number of hydrogen-bond acceptors (Lipinski definition) is 2. The molecule has 0 saturated heterocycles. The quantitative estimate of drug-likeness (QED) is 0.833. The topological polar surface area (TPSA) is 58.2 Å². The van der Waals surface area contributed by atoms with Crippen molar-refractivity contribution in [2.75, 3.05) is 7.05 Å². The maximum atomic E-state index is 12.1. The Kier molecular flexibility index (Phi) is 7.25. The molecule has 0 spiro atoms. The highest BCUT2D eigenvalue weighted by molar-refractivity contribution is 5.90. The Morgan fingerprint density at radius 1 is 1.15 bits per heavy atom.